The third kappa shape index (κ3) is 3.22. The molecule has 0 unspecified atom stereocenters. The van der Waals surface area contributed by atoms with Crippen LogP contribution in [-0.4, -0.2) is 46.4 Å². The van der Waals surface area contributed by atoms with Gasteiger partial charge in [-0.1, -0.05) is 0 Å². The normalized spacial score (nSPS) is 11.4. The van der Waals surface area contributed by atoms with Crippen molar-refractivity contribution < 1.29 is 23.7 Å². The van der Waals surface area contributed by atoms with E-state index in [-0.39, 0.29) is 6.61 Å². The lowest BCUT2D eigenvalue weighted by molar-refractivity contribution is -0.338. The molecule has 0 atom stereocenters. The van der Waals surface area contributed by atoms with E-state index >= 15 is 0 Å². The zero-order chi connectivity index (χ0) is 11.0. The summed E-state index contributed by atoms with van der Waals surface area (Å²) in [4.78, 5) is 11.4. The van der Waals surface area contributed by atoms with Crippen LogP contribution in [0.25, 0.3) is 0 Å². The summed E-state index contributed by atoms with van der Waals surface area (Å²) in [5.41, 5.74) is 5.24. The van der Waals surface area contributed by atoms with Crippen molar-refractivity contribution in [2.45, 2.75) is 12.4 Å². The Bertz CT molecular complexity index is 161. The van der Waals surface area contributed by atoms with E-state index < -0.39 is 11.9 Å². The van der Waals surface area contributed by atoms with E-state index in [0.717, 1.165) is 0 Å². The molecule has 0 aromatic heterocycles. The standard InChI is InChI=1S/C8H17NO5/c1-11-8(12-2,13-3)7(10)14-6-4-5-9/h4-6,9H2,1-3H3. The first-order valence-corrected chi connectivity index (χ1v) is 4.19. The summed E-state index contributed by atoms with van der Waals surface area (Å²) < 4.78 is 19.2. The molecular weight excluding hydrogens is 190 g/mol. The maximum Gasteiger partial charge on any atom is 0.398 e. The van der Waals surface area contributed by atoms with Gasteiger partial charge in [-0.3, -0.25) is 0 Å². The SMILES string of the molecule is COC(OC)(OC)C(=O)OCCCN. The quantitative estimate of drug-likeness (QED) is 0.343. The van der Waals surface area contributed by atoms with Crippen LogP contribution in [-0.2, 0) is 23.7 Å². The topological polar surface area (TPSA) is 80.0 Å². The van der Waals surface area contributed by atoms with Gasteiger partial charge in [0.05, 0.1) is 6.61 Å². The summed E-state index contributed by atoms with van der Waals surface area (Å²) in [5, 5.41) is 0. The molecule has 0 saturated heterocycles. The van der Waals surface area contributed by atoms with Crippen LogP contribution in [0.15, 0.2) is 0 Å². The Labute approximate surface area is 83.2 Å². The van der Waals surface area contributed by atoms with Crippen LogP contribution in [0.2, 0.25) is 0 Å². The number of ether oxygens (including phenoxy) is 4. The highest BCUT2D eigenvalue weighted by Crippen LogP contribution is 2.14. The van der Waals surface area contributed by atoms with Crippen LogP contribution in [0.1, 0.15) is 6.42 Å². The number of hydrogen-bond donors (Lipinski definition) is 1. The first kappa shape index (κ1) is 13.3. The second-order valence-electron chi connectivity index (χ2n) is 2.45. The number of methoxy groups -OCH3 is 3. The van der Waals surface area contributed by atoms with Crippen LogP contribution in [0.3, 0.4) is 0 Å². The fourth-order valence-electron chi connectivity index (χ4n) is 0.837. The van der Waals surface area contributed by atoms with Crippen molar-refractivity contribution in [1.29, 1.82) is 0 Å². The van der Waals surface area contributed by atoms with Crippen molar-refractivity contribution in [2.75, 3.05) is 34.5 Å². The molecule has 0 rings (SSSR count). The first-order chi connectivity index (χ1) is 6.66. The number of esters is 1. The molecule has 6 nitrogen and oxygen atoms in total. The van der Waals surface area contributed by atoms with Crippen molar-refractivity contribution in [2.24, 2.45) is 5.73 Å². The highest BCUT2D eigenvalue weighted by Gasteiger charge is 2.41. The molecule has 0 aliphatic carbocycles. The molecule has 0 aliphatic heterocycles. The zero-order valence-corrected chi connectivity index (χ0v) is 8.74. The van der Waals surface area contributed by atoms with Crippen LogP contribution < -0.4 is 5.73 Å². The predicted molar refractivity (Wildman–Crippen MR) is 48.4 cm³/mol. The lowest BCUT2D eigenvalue weighted by atomic mass is 10.4. The van der Waals surface area contributed by atoms with E-state index in [2.05, 4.69) is 0 Å². The van der Waals surface area contributed by atoms with Gasteiger partial charge in [-0.05, 0) is 13.0 Å². The summed E-state index contributed by atoms with van der Waals surface area (Å²) in [7, 11) is 3.87. The molecule has 0 aromatic carbocycles. The van der Waals surface area contributed by atoms with Crippen molar-refractivity contribution in [1.82, 2.24) is 0 Å². The summed E-state index contributed by atoms with van der Waals surface area (Å²) in [6.45, 7) is 0.667. The molecule has 6 heteroatoms. The van der Waals surface area contributed by atoms with E-state index in [4.69, 9.17) is 24.7 Å². The maximum atomic E-state index is 11.4. The highest BCUT2D eigenvalue weighted by atomic mass is 16.9. The van der Waals surface area contributed by atoms with Crippen molar-refractivity contribution in [3.05, 3.63) is 0 Å². The fourth-order valence-corrected chi connectivity index (χ4v) is 0.837. The minimum atomic E-state index is -1.77. The minimum Gasteiger partial charge on any atom is -0.460 e. The van der Waals surface area contributed by atoms with Gasteiger partial charge in [0.1, 0.15) is 0 Å². The summed E-state index contributed by atoms with van der Waals surface area (Å²) in [6.07, 6.45) is 0.582. The first-order valence-electron chi connectivity index (χ1n) is 4.19. The lowest BCUT2D eigenvalue weighted by Crippen LogP contribution is -2.46. The second kappa shape index (κ2) is 6.72. The molecule has 0 spiro atoms. The van der Waals surface area contributed by atoms with Crippen molar-refractivity contribution >= 4 is 5.97 Å². The van der Waals surface area contributed by atoms with Crippen LogP contribution in [0.4, 0.5) is 0 Å². The van der Waals surface area contributed by atoms with Gasteiger partial charge in [0.2, 0.25) is 0 Å². The Morgan fingerprint density at radius 1 is 1.21 bits per heavy atom. The van der Waals surface area contributed by atoms with E-state index in [1.54, 1.807) is 0 Å². The third-order valence-electron chi connectivity index (χ3n) is 1.64. The molecule has 84 valence electrons. The average Bonchev–Trinajstić information content (AvgIpc) is 2.22. The van der Waals surface area contributed by atoms with Gasteiger partial charge in [0.25, 0.3) is 0 Å². The molecule has 14 heavy (non-hydrogen) atoms. The van der Waals surface area contributed by atoms with E-state index in [1.165, 1.54) is 21.3 Å². The van der Waals surface area contributed by atoms with E-state index in [9.17, 15) is 4.79 Å². The van der Waals surface area contributed by atoms with Gasteiger partial charge in [0.15, 0.2) is 0 Å². The number of hydrogen-bond acceptors (Lipinski definition) is 6. The Morgan fingerprint density at radius 3 is 2.07 bits per heavy atom. The maximum absolute atomic E-state index is 11.4. The Hall–Kier alpha value is -0.690. The van der Waals surface area contributed by atoms with Gasteiger partial charge >= 0.3 is 11.9 Å². The van der Waals surface area contributed by atoms with Gasteiger partial charge < -0.3 is 24.7 Å². The van der Waals surface area contributed by atoms with Gasteiger partial charge in [0, 0.05) is 21.3 Å². The fraction of sp³-hybridized carbons (Fsp3) is 0.875. The van der Waals surface area contributed by atoms with E-state index in [0.29, 0.717) is 13.0 Å². The number of carbonyl (C=O) groups excluding carboxylic acids is 1. The van der Waals surface area contributed by atoms with Crippen LogP contribution >= 0.6 is 0 Å². The molecule has 0 aromatic rings. The summed E-state index contributed by atoms with van der Waals surface area (Å²) >= 11 is 0. The molecule has 0 amide bonds. The molecule has 0 aliphatic rings. The van der Waals surface area contributed by atoms with Gasteiger partial charge in [-0.15, -0.1) is 0 Å². The second-order valence-corrected chi connectivity index (χ2v) is 2.45. The van der Waals surface area contributed by atoms with Crippen molar-refractivity contribution in [3.63, 3.8) is 0 Å². The molecule has 0 radical (unpaired) electrons. The predicted octanol–water partition coefficient (Wildman–Crippen LogP) is -0.529. The average molecular weight is 207 g/mol. The molecule has 0 heterocycles. The Balaban J connectivity index is 4.15. The molecule has 0 saturated carbocycles. The highest BCUT2D eigenvalue weighted by molar-refractivity contribution is 5.76. The molecule has 0 bridgehead atoms. The number of rotatable bonds is 7. The number of carbonyl (C=O) groups is 1. The Kier molecular flexibility index (Phi) is 6.39. The zero-order valence-electron chi connectivity index (χ0n) is 8.74. The van der Waals surface area contributed by atoms with Gasteiger partial charge in [-0.2, -0.15) is 0 Å². The largest absolute Gasteiger partial charge is 0.460 e. The monoisotopic (exact) mass is 207 g/mol. The minimum absolute atomic E-state index is 0.215. The van der Waals surface area contributed by atoms with E-state index in [1.807, 2.05) is 0 Å². The summed E-state index contributed by atoms with van der Waals surface area (Å²) in [6, 6.07) is 0. The lowest BCUT2D eigenvalue weighted by Gasteiger charge is -2.25. The van der Waals surface area contributed by atoms with Crippen molar-refractivity contribution in [3.8, 4) is 0 Å². The molecular formula is C8H17NO5. The molecule has 0 fully saturated rings. The molecule has 2 N–H and O–H groups in total. The van der Waals surface area contributed by atoms with Gasteiger partial charge in [-0.25, -0.2) is 4.79 Å². The van der Waals surface area contributed by atoms with Crippen LogP contribution in [0, 0.1) is 0 Å². The Morgan fingerprint density at radius 2 is 1.71 bits per heavy atom. The smallest absolute Gasteiger partial charge is 0.398 e. The third-order valence-corrected chi connectivity index (χ3v) is 1.64. The summed E-state index contributed by atoms with van der Waals surface area (Å²) in [5.74, 6) is -2.49. The van der Waals surface area contributed by atoms with Crippen LogP contribution in [0.5, 0.6) is 0 Å². The number of nitrogens with two attached hydrogens (primary N) is 1.